The van der Waals surface area contributed by atoms with E-state index in [1.807, 2.05) is 19.1 Å². The van der Waals surface area contributed by atoms with Gasteiger partial charge in [0.1, 0.15) is 0 Å². The zero-order valence-corrected chi connectivity index (χ0v) is 11.8. The number of halogens is 2. The Morgan fingerprint density at radius 1 is 1.18 bits per heavy atom. The molecule has 0 aliphatic carbocycles. The monoisotopic (exact) mass is 275 g/mol. The van der Waals surface area contributed by atoms with Crippen LogP contribution in [0.4, 0.5) is 0 Å². The van der Waals surface area contributed by atoms with E-state index in [2.05, 4.69) is 12.2 Å². The van der Waals surface area contributed by atoms with Crippen molar-refractivity contribution in [3.8, 4) is 0 Å². The number of rotatable bonds is 7. The first-order chi connectivity index (χ1) is 8.17. The summed E-state index contributed by atoms with van der Waals surface area (Å²) in [6, 6.07) is 5.75. The van der Waals surface area contributed by atoms with Gasteiger partial charge in [-0.05, 0) is 43.7 Å². The van der Waals surface area contributed by atoms with Crippen LogP contribution < -0.4 is 5.32 Å². The summed E-state index contributed by atoms with van der Waals surface area (Å²) < 4.78 is 5.48. The summed E-state index contributed by atoms with van der Waals surface area (Å²) >= 11 is 12.0. The van der Waals surface area contributed by atoms with Crippen LogP contribution in [0.25, 0.3) is 0 Å². The van der Waals surface area contributed by atoms with Crippen molar-refractivity contribution in [2.24, 2.45) is 0 Å². The molecule has 1 rings (SSSR count). The van der Waals surface area contributed by atoms with Gasteiger partial charge in [-0.1, -0.05) is 30.1 Å². The third kappa shape index (κ3) is 5.26. The predicted octanol–water partition coefficient (Wildman–Crippen LogP) is 4.07. The molecule has 0 fully saturated rings. The second-order valence-corrected chi connectivity index (χ2v) is 4.74. The van der Waals surface area contributed by atoms with E-state index < -0.39 is 0 Å². The van der Waals surface area contributed by atoms with Gasteiger partial charge in [-0.15, -0.1) is 0 Å². The first kappa shape index (κ1) is 14.8. The molecule has 1 N–H and O–H groups in total. The summed E-state index contributed by atoms with van der Waals surface area (Å²) in [5.74, 6) is 0. The highest BCUT2D eigenvalue weighted by molar-refractivity contribution is 6.34. The molecular weight excluding hydrogens is 257 g/mol. The lowest BCUT2D eigenvalue weighted by atomic mass is 10.1. The zero-order valence-electron chi connectivity index (χ0n) is 10.3. The Kier molecular flexibility index (Phi) is 6.90. The molecule has 0 saturated heterocycles. The number of benzene rings is 1. The molecule has 1 aromatic carbocycles. The van der Waals surface area contributed by atoms with Gasteiger partial charge >= 0.3 is 0 Å². The average molecular weight is 276 g/mol. The molecule has 2 nitrogen and oxygen atoms in total. The first-order valence-electron chi connectivity index (χ1n) is 5.94. The molecule has 0 spiro atoms. The first-order valence-corrected chi connectivity index (χ1v) is 6.70. The van der Waals surface area contributed by atoms with Crippen LogP contribution in [-0.4, -0.2) is 19.8 Å². The molecule has 17 heavy (non-hydrogen) atoms. The third-order valence-electron chi connectivity index (χ3n) is 2.42. The van der Waals surface area contributed by atoms with Crippen molar-refractivity contribution in [2.45, 2.75) is 26.3 Å². The zero-order chi connectivity index (χ0) is 12.7. The van der Waals surface area contributed by atoms with Crippen LogP contribution in [0.1, 0.15) is 31.9 Å². The van der Waals surface area contributed by atoms with Crippen molar-refractivity contribution in [1.82, 2.24) is 5.32 Å². The van der Waals surface area contributed by atoms with E-state index in [-0.39, 0.29) is 6.04 Å². The van der Waals surface area contributed by atoms with Crippen molar-refractivity contribution in [1.29, 1.82) is 0 Å². The topological polar surface area (TPSA) is 21.3 Å². The maximum Gasteiger partial charge on any atom is 0.0661 e. The molecule has 0 radical (unpaired) electrons. The molecule has 0 aliphatic rings. The summed E-state index contributed by atoms with van der Waals surface area (Å²) in [7, 11) is 0. The van der Waals surface area contributed by atoms with E-state index >= 15 is 0 Å². The number of hydrogen-bond acceptors (Lipinski definition) is 2. The largest absolute Gasteiger partial charge is 0.380 e. The van der Waals surface area contributed by atoms with Gasteiger partial charge in [-0.3, -0.25) is 0 Å². The van der Waals surface area contributed by atoms with E-state index in [1.165, 1.54) is 0 Å². The fourth-order valence-corrected chi connectivity index (χ4v) is 2.15. The van der Waals surface area contributed by atoms with Crippen molar-refractivity contribution in [3.63, 3.8) is 0 Å². The Hall–Kier alpha value is -0.280. The van der Waals surface area contributed by atoms with Crippen molar-refractivity contribution < 1.29 is 4.74 Å². The molecule has 1 aromatic rings. The van der Waals surface area contributed by atoms with Gasteiger partial charge in [-0.2, -0.15) is 0 Å². The van der Waals surface area contributed by atoms with Gasteiger partial charge < -0.3 is 10.1 Å². The highest BCUT2D eigenvalue weighted by atomic mass is 35.5. The van der Waals surface area contributed by atoms with Crippen LogP contribution in [0.3, 0.4) is 0 Å². The minimum atomic E-state index is 0.145. The second kappa shape index (κ2) is 7.93. The van der Waals surface area contributed by atoms with Gasteiger partial charge in [0.25, 0.3) is 0 Å². The minimum Gasteiger partial charge on any atom is -0.380 e. The van der Waals surface area contributed by atoms with E-state index in [9.17, 15) is 0 Å². The van der Waals surface area contributed by atoms with Crippen molar-refractivity contribution in [3.05, 3.63) is 33.8 Å². The summed E-state index contributed by atoms with van der Waals surface area (Å²) in [6.07, 6.45) is 1.08. The molecule has 96 valence electrons. The molecule has 0 aliphatic heterocycles. The van der Waals surface area contributed by atoms with E-state index in [1.54, 1.807) is 6.07 Å². The van der Waals surface area contributed by atoms with Crippen molar-refractivity contribution in [2.75, 3.05) is 19.8 Å². The van der Waals surface area contributed by atoms with Gasteiger partial charge in [-0.25, -0.2) is 0 Å². The van der Waals surface area contributed by atoms with Gasteiger partial charge in [0.2, 0.25) is 0 Å². The van der Waals surface area contributed by atoms with Gasteiger partial charge in [0.15, 0.2) is 0 Å². The van der Waals surface area contributed by atoms with Crippen LogP contribution in [0, 0.1) is 0 Å². The highest BCUT2D eigenvalue weighted by Gasteiger charge is 2.12. The molecule has 0 aromatic heterocycles. The molecule has 0 amide bonds. The molecule has 0 heterocycles. The summed E-state index contributed by atoms with van der Waals surface area (Å²) in [5.41, 5.74) is 1.07. The number of ether oxygens (including phenoxy) is 1. The molecule has 0 saturated carbocycles. The lowest BCUT2D eigenvalue weighted by Crippen LogP contribution is -2.26. The smallest absolute Gasteiger partial charge is 0.0661 e. The van der Waals surface area contributed by atoms with E-state index in [0.29, 0.717) is 23.3 Å². The minimum absolute atomic E-state index is 0.145. The Morgan fingerprint density at radius 2 is 1.82 bits per heavy atom. The highest BCUT2D eigenvalue weighted by Crippen LogP contribution is 2.23. The Morgan fingerprint density at radius 3 is 2.35 bits per heavy atom. The van der Waals surface area contributed by atoms with Crippen LogP contribution in [0.2, 0.25) is 10.0 Å². The molecule has 1 unspecified atom stereocenters. The van der Waals surface area contributed by atoms with E-state index in [0.717, 1.165) is 18.5 Å². The standard InChI is InChI=1S/C13H19Cl2NO/c1-3-5-16-13(9-17-4-2)10-6-11(14)8-12(15)7-10/h6-8,13,16H,3-5,9H2,1-2H3. The van der Waals surface area contributed by atoms with Crippen molar-refractivity contribution >= 4 is 23.2 Å². The lowest BCUT2D eigenvalue weighted by molar-refractivity contribution is 0.123. The van der Waals surface area contributed by atoms with Gasteiger partial charge in [0, 0.05) is 16.7 Å². The quantitative estimate of drug-likeness (QED) is 0.810. The fraction of sp³-hybridized carbons (Fsp3) is 0.538. The third-order valence-corrected chi connectivity index (χ3v) is 2.85. The maximum atomic E-state index is 6.01. The fourth-order valence-electron chi connectivity index (χ4n) is 1.60. The predicted molar refractivity (Wildman–Crippen MR) is 74.0 cm³/mol. The number of nitrogens with one attached hydrogen (secondary N) is 1. The molecule has 4 heteroatoms. The van der Waals surface area contributed by atoms with Gasteiger partial charge in [0.05, 0.1) is 12.6 Å². The summed E-state index contributed by atoms with van der Waals surface area (Å²) in [5, 5.41) is 4.75. The Labute approximate surface area is 113 Å². The normalized spacial score (nSPS) is 12.7. The Balaban J connectivity index is 2.78. The molecular formula is C13H19Cl2NO. The summed E-state index contributed by atoms with van der Waals surface area (Å²) in [4.78, 5) is 0. The Bertz CT molecular complexity index is 316. The number of hydrogen-bond donors (Lipinski definition) is 1. The summed E-state index contributed by atoms with van der Waals surface area (Å²) in [6.45, 7) is 6.41. The van der Waals surface area contributed by atoms with Crippen LogP contribution in [-0.2, 0) is 4.74 Å². The SMILES string of the molecule is CCCNC(COCC)c1cc(Cl)cc(Cl)c1. The second-order valence-electron chi connectivity index (χ2n) is 3.87. The molecule has 1 atom stereocenters. The van der Waals surface area contributed by atoms with Crippen LogP contribution in [0.15, 0.2) is 18.2 Å². The van der Waals surface area contributed by atoms with Crippen LogP contribution in [0.5, 0.6) is 0 Å². The van der Waals surface area contributed by atoms with E-state index in [4.69, 9.17) is 27.9 Å². The average Bonchev–Trinajstić information content (AvgIpc) is 2.28. The maximum absolute atomic E-state index is 6.01. The lowest BCUT2D eigenvalue weighted by Gasteiger charge is -2.19. The van der Waals surface area contributed by atoms with Crippen LogP contribution >= 0.6 is 23.2 Å². The molecule has 0 bridgehead atoms.